The van der Waals surface area contributed by atoms with Gasteiger partial charge in [-0.15, -0.1) is 0 Å². The number of benzene rings is 6. The minimum atomic E-state index is -0.444. The Morgan fingerprint density at radius 1 is 0.433 bits per heavy atom. The number of carbonyl (C=O) groups excluding carboxylic acids is 2. The van der Waals surface area contributed by atoms with E-state index < -0.39 is 11.9 Å². The third-order valence-corrected chi connectivity index (χ3v) is 9.96. The predicted octanol–water partition coefficient (Wildman–Crippen LogP) is 12.4. The largest absolute Gasteiger partial charge is 0.494 e. The lowest BCUT2D eigenvalue weighted by Crippen LogP contribution is -2.10. The summed E-state index contributed by atoms with van der Waals surface area (Å²) in [5.74, 6) is 0.714. The molecule has 306 valence electrons. The number of rotatable bonds is 21. The zero-order valence-corrected chi connectivity index (χ0v) is 34.4. The van der Waals surface area contributed by atoms with Gasteiger partial charge in [0.1, 0.15) is 24.7 Å². The number of hydrogen-bond donors (Lipinski definition) is 0. The molecule has 0 saturated heterocycles. The molecule has 0 unspecified atom stereocenters. The highest BCUT2D eigenvalue weighted by atomic mass is 16.5. The smallest absolute Gasteiger partial charge is 0.330 e. The Labute approximate surface area is 353 Å². The van der Waals surface area contributed by atoms with E-state index in [0.29, 0.717) is 13.2 Å². The predicted molar refractivity (Wildman–Crippen MR) is 241 cm³/mol. The lowest BCUT2D eigenvalue weighted by Gasteiger charge is -2.26. The molecule has 0 saturated carbocycles. The van der Waals surface area contributed by atoms with Gasteiger partial charge in [-0.05, 0) is 145 Å². The van der Waals surface area contributed by atoms with E-state index in [2.05, 4.69) is 110 Å². The van der Waals surface area contributed by atoms with Crippen molar-refractivity contribution >= 4 is 46.1 Å². The highest BCUT2D eigenvalue weighted by Crippen LogP contribution is 2.37. The van der Waals surface area contributed by atoms with Crippen LogP contribution in [0.3, 0.4) is 0 Å². The second-order valence-corrected chi connectivity index (χ2v) is 14.1. The molecular weight excluding hydrogens is 749 g/mol. The Balaban J connectivity index is 1.02. The Bertz CT molecular complexity index is 2120. The standard InChI is InChI=1S/C52H52N2O6/c1-5-39-11-19-43(20-12-39)53(45-23-15-41(16-24-45)37-59-51(55)7-3)47-27-31-49(32-28-47)57-35-9-10-36-58-50-33-29-48(30-34-50)54(44-21-13-40(6-2)14-22-44)46-25-17-42(18-26-46)38-60-52(56)8-4/h7-8,11-34H,3-6,9-10,35-38H2,1-2H3. The quantitative estimate of drug-likeness (QED) is 0.0405. The fourth-order valence-corrected chi connectivity index (χ4v) is 6.53. The highest BCUT2D eigenvalue weighted by Gasteiger charge is 2.15. The normalized spacial score (nSPS) is 10.6. The summed E-state index contributed by atoms with van der Waals surface area (Å²) in [4.78, 5) is 27.5. The van der Waals surface area contributed by atoms with E-state index in [1.54, 1.807) is 0 Å². The van der Waals surface area contributed by atoms with Crippen LogP contribution in [0.5, 0.6) is 11.5 Å². The minimum Gasteiger partial charge on any atom is -0.494 e. The summed E-state index contributed by atoms with van der Waals surface area (Å²) >= 11 is 0. The van der Waals surface area contributed by atoms with Crippen LogP contribution in [0, 0.1) is 0 Å². The molecule has 8 nitrogen and oxygen atoms in total. The maximum absolute atomic E-state index is 11.5. The number of ether oxygens (including phenoxy) is 4. The summed E-state index contributed by atoms with van der Waals surface area (Å²) in [5.41, 5.74) is 10.4. The van der Waals surface area contributed by atoms with Crippen LogP contribution in [0.25, 0.3) is 0 Å². The molecule has 0 heterocycles. The van der Waals surface area contributed by atoms with E-state index >= 15 is 0 Å². The van der Waals surface area contributed by atoms with E-state index in [-0.39, 0.29) is 13.2 Å². The zero-order valence-electron chi connectivity index (χ0n) is 34.4. The third kappa shape index (κ3) is 11.8. The van der Waals surface area contributed by atoms with Gasteiger partial charge in [0.25, 0.3) is 0 Å². The lowest BCUT2D eigenvalue weighted by molar-refractivity contribution is -0.139. The summed E-state index contributed by atoms with van der Waals surface area (Å²) in [5, 5.41) is 0. The molecule has 0 N–H and O–H groups in total. The Morgan fingerprint density at radius 2 is 0.700 bits per heavy atom. The van der Waals surface area contributed by atoms with Gasteiger partial charge in [-0.1, -0.05) is 75.5 Å². The number of hydrogen-bond acceptors (Lipinski definition) is 8. The maximum atomic E-state index is 11.5. The molecule has 0 amide bonds. The summed E-state index contributed by atoms with van der Waals surface area (Å²) in [6.45, 7) is 12.7. The van der Waals surface area contributed by atoms with Crippen LogP contribution in [0.2, 0.25) is 0 Å². The third-order valence-electron chi connectivity index (χ3n) is 9.96. The number of unbranched alkanes of at least 4 members (excludes halogenated alkanes) is 1. The first-order valence-corrected chi connectivity index (χ1v) is 20.4. The van der Waals surface area contributed by atoms with Gasteiger partial charge in [0.15, 0.2) is 0 Å². The molecule has 0 aliphatic heterocycles. The molecule has 0 radical (unpaired) electrons. The maximum Gasteiger partial charge on any atom is 0.330 e. The molecule has 0 atom stereocenters. The summed E-state index contributed by atoms with van der Waals surface area (Å²) in [6.07, 6.45) is 5.95. The van der Waals surface area contributed by atoms with Crippen LogP contribution >= 0.6 is 0 Å². The van der Waals surface area contributed by atoms with Crippen LogP contribution in [-0.4, -0.2) is 25.2 Å². The lowest BCUT2D eigenvalue weighted by atomic mass is 10.1. The van der Waals surface area contributed by atoms with Crippen molar-refractivity contribution < 1.29 is 28.5 Å². The van der Waals surface area contributed by atoms with Crippen molar-refractivity contribution in [2.75, 3.05) is 23.0 Å². The van der Waals surface area contributed by atoms with E-state index in [0.717, 1.165) is 82.4 Å². The molecule has 0 fully saturated rings. The molecule has 60 heavy (non-hydrogen) atoms. The molecule has 0 spiro atoms. The average Bonchev–Trinajstić information content (AvgIpc) is 3.30. The van der Waals surface area contributed by atoms with E-state index in [9.17, 15) is 9.59 Å². The summed E-state index contributed by atoms with van der Waals surface area (Å²) in [6, 6.07) is 49.4. The minimum absolute atomic E-state index is 0.188. The van der Waals surface area contributed by atoms with Gasteiger partial charge >= 0.3 is 11.9 Å². The SMILES string of the molecule is C=CC(=O)OCc1ccc(N(c2ccc(CC)cc2)c2ccc(OCCCCOc3ccc(N(c4ccc(CC)cc4)c4ccc(COC(=O)C=C)cc4)cc3)cc2)cc1. The first kappa shape index (κ1) is 42.5. The average molecular weight is 801 g/mol. The van der Waals surface area contributed by atoms with Gasteiger partial charge in [0, 0.05) is 46.3 Å². The molecule has 8 heteroatoms. The summed E-state index contributed by atoms with van der Waals surface area (Å²) in [7, 11) is 0. The Morgan fingerprint density at radius 3 is 0.967 bits per heavy atom. The van der Waals surface area contributed by atoms with Crippen molar-refractivity contribution in [3.05, 3.63) is 193 Å². The van der Waals surface area contributed by atoms with Crippen molar-refractivity contribution in [3.63, 3.8) is 0 Å². The first-order valence-electron chi connectivity index (χ1n) is 20.4. The van der Waals surface area contributed by atoms with Gasteiger partial charge in [-0.3, -0.25) is 0 Å². The van der Waals surface area contributed by atoms with Crippen LogP contribution in [0.1, 0.15) is 48.9 Å². The van der Waals surface area contributed by atoms with E-state index in [4.69, 9.17) is 18.9 Å². The van der Waals surface area contributed by atoms with Crippen LogP contribution in [0.15, 0.2) is 171 Å². The monoisotopic (exact) mass is 800 g/mol. The molecule has 0 bridgehead atoms. The Hall–Kier alpha value is -7.06. The van der Waals surface area contributed by atoms with Gasteiger partial charge in [-0.25, -0.2) is 9.59 Å². The van der Waals surface area contributed by atoms with Crippen molar-refractivity contribution in [1.82, 2.24) is 0 Å². The number of esters is 2. The fourth-order valence-electron chi connectivity index (χ4n) is 6.53. The number of carbonyl (C=O) groups is 2. The van der Waals surface area contributed by atoms with Crippen molar-refractivity contribution in [1.29, 1.82) is 0 Å². The molecule has 6 aromatic rings. The van der Waals surface area contributed by atoms with Crippen LogP contribution in [0.4, 0.5) is 34.1 Å². The number of nitrogens with zero attached hydrogens (tertiary/aromatic N) is 2. The van der Waals surface area contributed by atoms with Gasteiger partial charge in [-0.2, -0.15) is 0 Å². The van der Waals surface area contributed by atoms with Gasteiger partial charge in [0.2, 0.25) is 0 Å². The molecule has 6 rings (SSSR count). The molecule has 6 aromatic carbocycles. The van der Waals surface area contributed by atoms with Crippen LogP contribution < -0.4 is 19.3 Å². The van der Waals surface area contributed by atoms with Crippen molar-refractivity contribution in [3.8, 4) is 11.5 Å². The summed E-state index contributed by atoms with van der Waals surface area (Å²) < 4.78 is 22.7. The molecular formula is C52H52N2O6. The van der Waals surface area contributed by atoms with Crippen molar-refractivity contribution in [2.24, 2.45) is 0 Å². The van der Waals surface area contributed by atoms with Gasteiger partial charge < -0.3 is 28.7 Å². The second-order valence-electron chi connectivity index (χ2n) is 14.1. The molecule has 0 aliphatic rings. The zero-order chi connectivity index (χ0) is 42.1. The van der Waals surface area contributed by atoms with Gasteiger partial charge in [0.05, 0.1) is 13.2 Å². The topological polar surface area (TPSA) is 77.5 Å². The highest BCUT2D eigenvalue weighted by molar-refractivity contribution is 5.82. The number of aryl methyl sites for hydroxylation is 2. The van der Waals surface area contributed by atoms with Crippen LogP contribution in [-0.2, 0) is 45.1 Å². The second kappa shape index (κ2) is 21.6. The van der Waals surface area contributed by atoms with Crippen molar-refractivity contribution in [2.45, 2.75) is 52.7 Å². The molecule has 0 aliphatic carbocycles. The van der Waals surface area contributed by atoms with E-state index in [1.807, 2.05) is 72.8 Å². The number of anilines is 6. The fraction of sp³-hybridized carbons (Fsp3) is 0.192. The first-order chi connectivity index (χ1) is 29.4. The van der Waals surface area contributed by atoms with E-state index in [1.165, 1.54) is 23.3 Å². The Kier molecular flexibility index (Phi) is 15.3. The molecule has 0 aromatic heterocycles.